The number of benzene rings is 2. The van der Waals surface area contributed by atoms with Crippen LogP contribution < -0.4 is 10.1 Å². The van der Waals surface area contributed by atoms with Crippen molar-refractivity contribution in [2.45, 2.75) is 45.0 Å². The van der Waals surface area contributed by atoms with E-state index in [9.17, 15) is 18.0 Å². The van der Waals surface area contributed by atoms with Gasteiger partial charge in [0.25, 0.3) is 0 Å². The van der Waals surface area contributed by atoms with E-state index >= 15 is 0 Å². The molecule has 5 nitrogen and oxygen atoms in total. The van der Waals surface area contributed by atoms with E-state index in [1.165, 1.54) is 6.07 Å². The molecule has 0 saturated carbocycles. The first-order chi connectivity index (χ1) is 16.5. The Labute approximate surface area is 207 Å². The molecule has 6 rings (SSSR count). The van der Waals surface area contributed by atoms with Crippen molar-refractivity contribution in [3.8, 4) is 16.9 Å². The lowest BCUT2D eigenvalue weighted by molar-refractivity contribution is -0.137. The molecule has 35 heavy (non-hydrogen) atoms. The lowest BCUT2D eigenvalue weighted by Crippen LogP contribution is -2.53. The summed E-state index contributed by atoms with van der Waals surface area (Å²) in [6.45, 7) is 7.20. The number of hydrogen-bond donors (Lipinski definition) is 1. The van der Waals surface area contributed by atoms with Crippen LogP contribution in [0.15, 0.2) is 36.4 Å². The number of carbonyl (C=O) groups excluding carboxylic acids is 1. The van der Waals surface area contributed by atoms with Gasteiger partial charge in [-0.2, -0.15) is 13.2 Å². The second-order valence-electron chi connectivity index (χ2n) is 10.4. The van der Waals surface area contributed by atoms with E-state index in [1.807, 2.05) is 13.8 Å². The van der Waals surface area contributed by atoms with Gasteiger partial charge >= 0.3 is 12.3 Å². The highest BCUT2D eigenvalue weighted by molar-refractivity contribution is 6.34. The van der Waals surface area contributed by atoms with Gasteiger partial charge in [-0.05, 0) is 49.5 Å². The number of hydrogen-bond acceptors (Lipinski definition) is 4. The van der Waals surface area contributed by atoms with Gasteiger partial charge in [-0.3, -0.25) is 4.90 Å². The van der Waals surface area contributed by atoms with Crippen LogP contribution in [0.2, 0.25) is 5.02 Å². The molecule has 3 fully saturated rings. The molecule has 1 N–H and O–H groups in total. The molecule has 0 aliphatic carbocycles. The van der Waals surface area contributed by atoms with Crippen LogP contribution in [0.1, 0.15) is 43.9 Å². The minimum atomic E-state index is -4.55. The average molecular weight is 509 g/mol. The van der Waals surface area contributed by atoms with E-state index in [2.05, 4.69) is 10.2 Å². The fourth-order valence-corrected chi connectivity index (χ4v) is 5.76. The van der Waals surface area contributed by atoms with Crippen LogP contribution in [0, 0.1) is 11.3 Å². The Balaban J connectivity index is 1.39. The molecule has 2 aromatic carbocycles. The second-order valence-corrected chi connectivity index (χ2v) is 10.7. The smallest absolute Gasteiger partial charge is 0.417 e. The molecule has 0 radical (unpaired) electrons. The Morgan fingerprint density at radius 3 is 2.60 bits per heavy atom. The first-order valence-electron chi connectivity index (χ1n) is 11.9. The second kappa shape index (κ2) is 8.89. The predicted octanol–water partition coefficient (Wildman–Crippen LogP) is 6.31. The summed E-state index contributed by atoms with van der Waals surface area (Å²) in [6.07, 6.45) is -3.02. The van der Waals surface area contributed by atoms with E-state index < -0.39 is 23.2 Å². The van der Waals surface area contributed by atoms with Gasteiger partial charge in [0.2, 0.25) is 0 Å². The molecule has 2 bridgehead atoms. The first kappa shape index (κ1) is 24.3. The highest BCUT2D eigenvalue weighted by Gasteiger charge is 2.41. The summed E-state index contributed by atoms with van der Waals surface area (Å²) in [7, 11) is 0. The summed E-state index contributed by atoms with van der Waals surface area (Å²) in [5.74, 6) is 0.906. The van der Waals surface area contributed by atoms with Crippen molar-refractivity contribution < 1.29 is 27.4 Å². The molecular weight excluding hydrogens is 481 g/mol. The maximum Gasteiger partial charge on any atom is 0.417 e. The normalized spacial score (nSPS) is 27.0. The number of carbonyl (C=O) groups is 1. The van der Waals surface area contributed by atoms with Crippen LogP contribution in [0.5, 0.6) is 5.75 Å². The zero-order valence-corrected chi connectivity index (χ0v) is 20.4. The zero-order chi connectivity index (χ0) is 25.0. The Morgan fingerprint density at radius 1 is 1.20 bits per heavy atom. The van der Waals surface area contributed by atoms with E-state index in [4.69, 9.17) is 21.1 Å². The number of alkyl carbamates (subject to hydrolysis) is 1. The molecule has 4 aliphatic heterocycles. The lowest BCUT2D eigenvalue weighted by atomic mass is 9.78. The van der Waals surface area contributed by atoms with Gasteiger partial charge < -0.3 is 14.8 Å². The van der Waals surface area contributed by atoms with Crippen molar-refractivity contribution in [3.63, 3.8) is 0 Å². The number of nitrogens with one attached hydrogen (secondary N) is 1. The number of halogens is 4. The van der Waals surface area contributed by atoms with Crippen molar-refractivity contribution in [2.24, 2.45) is 11.3 Å². The van der Waals surface area contributed by atoms with Gasteiger partial charge in [-0.15, -0.1) is 0 Å². The van der Waals surface area contributed by atoms with E-state index in [0.29, 0.717) is 23.8 Å². The lowest BCUT2D eigenvalue weighted by Gasteiger charge is -2.44. The van der Waals surface area contributed by atoms with Gasteiger partial charge in [0.15, 0.2) is 0 Å². The Kier molecular flexibility index (Phi) is 6.16. The van der Waals surface area contributed by atoms with Gasteiger partial charge in [0.1, 0.15) is 11.9 Å². The number of fused-ring (bicyclic) bond motifs is 4. The van der Waals surface area contributed by atoms with Gasteiger partial charge in [-0.1, -0.05) is 49.7 Å². The monoisotopic (exact) mass is 508 g/mol. The summed E-state index contributed by atoms with van der Waals surface area (Å²) in [5, 5.41) is 2.68. The topological polar surface area (TPSA) is 50.8 Å². The number of rotatable bonds is 3. The van der Waals surface area contributed by atoms with Crippen molar-refractivity contribution >= 4 is 17.7 Å². The Morgan fingerprint density at radius 2 is 1.94 bits per heavy atom. The molecule has 4 aliphatic rings. The molecule has 1 unspecified atom stereocenters. The minimum absolute atomic E-state index is 0.106. The van der Waals surface area contributed by atoms with Crippen LogP contribution in [0.3, 0.4) is 0 Å². The molecular formula is C26H28ClF3N2O3. The van der Waals surface area contributed by atoms with E-state index in [0.717, 1.165) is 44.1 Å². The van der Waals surface area contributed by atoms with Crippen molar-refractivity contribution in [3.05, 3.63) is 52.5 Å². The maximum absolute atomic E-state index is 13.3. The predicted molar refractivity (Wildman–Crippen MR) is 126 cm³/mol. The van der Waals surface area contributed by atoms with Gasteiger partial charge in [-0.25, -0.2) is 4.79 Å². The standard InChI is InChI=1S/C26H28ClF3N2O3/c1-25(2)14-34-20-12-16(17-4-3-5-19(22(17)27)26(28,29)30)6-7-18(20)23(25)31-24(33)35-21-13-32-10-8-15(21)9-11-32/h3-7,12,15,21,23H,8-11,13-14H2,1-2H3,(H,31,33)/t21-,23?/m1/s1. The van der Waals surface area contributed by atoms with E-state index in [-0.39, 0.29) is 22.7 Å². The van der Waals surface area contributed by atoms with Crippen LogP contribution in [-0.2, 0) is 10.9 Å². The average Bonchev–Trinajstić information content (AvgIpc) is 2.81. The highest BCUT2D eigenvalue weighted by Crippen LogP contribution is 2.46. The Bertz CT molecular complexity index is 1130. The minimum Gasteiger partial charge on any atom is -0.493 e. The molecule has 0 spiro atoms. The van der Waals surface area contributed by atoms with E-state index in [1.54, 1.807) is 24.3 Å². The molecule has 0 aromatic heterocycles. The third kappa shape index (κ3) is 4.70. The van der Waals surface area contributed by atoms with Gasteiger partial charge in [0, 0.05) is 23.1 Å². The molecule has 9 heteroatoms. The summed E-state index contributed by atoms with van der Waals surface area (Å²) in [6, 6.07) is 8.63. The summed E-state index contributed by atoms with van der Waals surface area (Å²) < 4.78 is 51.8. The number of amides is 1. The number of piperidine rings is 3. The Hall–Kier alpha value is -2.45. The molecule has 1 amide bonds. The molecule has 3 saturated heterocycles. The third-order valence-electron chi connectivity index (χ3n) is 7.44. The number of nitrogens with zero attached hydrogens (tertiary/aromatic N) is 1. The maximum atomic E-state index is 13.3. The number of ether oxygens (including phenoxy) is 2. The fourth-order valence-electron chi connectivity index (χ4n) is 5.41. The van der Waals surface area contributed by atoms with Crippen LogP contribution >= 0.6 is 11.6 Å². The van der Waals surface area contributed by atoms with Crippen molar-refractivity contribution in [2.75, 3.05) is 26.2 Å². The largest absolute Gasteiger partial charge is 0.493 e. The summed E-state index contributed by atoms with van der Waals surface area (Å²) in [4.78, 5) is 15.2. The van der Waals surface area contributed by atoms with Crippen LogP contribution in [0.25, 0.3) is 11.1 Å². The van der Waals surface area contributed by atoms with Gasteiger partial charge in [0.05, 0.1) is 23.2 Å². The van der Waals surface area contributed by atoms with Crippen LogP contribution in [-0.4, -0.2) is 43.3 Å². The van der Waals surface area contributed by atoms with Crippen molar-refractivity contribution in [1.29, 1.82) is 0 Å². The SMILES string of the molecule is CC1(C)COc2cc(-c3cccc(C(F)(F)F)c3Cl)ccc2C1NC(=O)O[C@@H]1CN2CCC1CC2. The zero-order valence-electron chi connectivity index (χ0n) is 19.6. The highest BCUT2D eigenvalue weighted by atomic mass is 35.5. The third-order valence-corrected chi connectivity index (χ3v) is 7.84. The molecule has 2 aromatic rings. The number of alkyl halides is 3. The molecule has 2 atom stereocenters. The summed E-state index contributed by atoms with van der Waals surface area (Å²) >= 11 is 6.14. The fraction of sp³-hybridized carbons (Fsp3) is 0.500. The first-order valence-corrected chi connectivity index (χ1v) is 12.2. The summed E-state index contributed by atoms with van der Waals surface area (Å²) in [5.41, 5.74) is 0.221. The molecule has 4 heterocycles. The van der Waals surface area contributed by atoms with Crippen LogP contribution in [0.4, 0.5) is 18.0 Å². The van der Waals surface area contributed by atoms with Crippen molar-refractivity contribution in [1.82, 2.24) is 10.2 Å². The molecule has 188 valence electrons. The quantitative estimate of drug-likeness (QED) is 0.528.